The van der Waals surface area contributed by atoms with Gasteiger partial charge in [-0.25, -0.2) is 0 Å². The zero-order valence-corrected chi connectivity index (χ0v) is 15.8. The first-order valence-corrected chi connectivity index (χ1v) is 8.98. The van der Waals surface area contributed by atoms with E-state index in [9.17, 15) is 0 Å². The molecule has 0 aromatic heterocycles. The molecule has 0 heterocycles. The van der Waals surface area contributed by atoms with Gasteiger partial charge in [-0.1, -0.05) is 48.5 Å². The van der Waals surface area contributed by atoms with Gasteiger partial charge in [-0.2, -0.15) is 0 Å². The lowest BCUT2D eigenvalue weighted by Crippen LogP contribution is -2.34. The second-order valence-corrected chi connectivity index (χ2v) is 6.99. The highest BCUT2D eigenvalue weighted by molar-refractivity contribution is 5.92. The predicted molar refractivity (Wildman–Crippen MR) is 112 cm³/mol. The quantitative estimate of drug-likeness (QED) is 0.544. The van der Waals surface area contributed by atoms with Gasteiger partial charge in [-0.15, -0.1) is 0 Å². The number of hydrogen-bond donors (Lipinski definition) is 1. The monoisotopic (exact) mass is 357 g/mol. The molecule has 0 spiro atoms. The highest BCUT2D eigenvalue weighted by atomic mass is 16.5. The number of rotatable bonds is 4. The van der Waals surface area contributed by atoms with E-state index < -0.39 is 5.54 Å². The molecule has 4 aromatic carbocycles. The number of ether oxygens (including phenoxy) is 2. The van der Waals surface area contributed by atoms with Gasteiger partial charge in [0.2, 0.25) is 0 Å². The van der Waals surface area contributed by atoms with Crippen LogP contribution in [0.2, 0.25) is 0 Å². The van der Waals surface area contributed by atoms with E-state index in [2.05, 4.69) is 67.6 Å². The third kappa shape index (κ3) is 2.90. The van der Waals surface area contributed by atoms with Gasteiger partial charge in [0, 0.05) is 0 Å². The van der Waals surface area contributed by atoms with Gasteiger partial charge in [0.25, 0.3) is 0 Å². The van der Waals surface area contributed by atoms with Crippen LogP contribution in [0.5, 0.6) is 11.5 Å². The van der Waals surface area contributed by atoms with Gasteiger partial charge < -0.3 is 15.2 Å². The lowest BCUT2D eigenvalue weighted by molar-refractivity contribution is 0.415. The van der Waals surface area contributed by atoms with E-state index >= 15 is 0 Å². The molecule has 3 heteroatoms. The number of fused-ring (bicyclic) bond motifs is 2. The molecule has 4 rings (SSSR count). The van der Waals surface area contributed by atoms with Crippen LogP contribution in [-0.2, 0) is 5.54 Å². The fourth-order valence-corrected chi connectivity index (χ4v) is 3.81. The first-order chi connectivity index (χ1) is 13.0. The van der Waals surface area contributed by atoms with Crippen LogP contribution in [0.4, 0.5) is 0 Å². The van der Waals surface area contributed by atoms with E-state index in [1.807, 2.05) is 12.1 Å². The Morgan fingerprint density at radius 3 is 1.52 bits per heavy atom. The minimum Gasteiger partial charge on any atom is -0.497 e. The van der Waals surface area contributed by atoms with E-state index in [4.69, 9.17) is 15.2 Å². The Morgan fingerprint density at radius 2 is 1.11 bits per heavy atom. The molecule has 0 amide bonds. The average Bonchev–Trinajstić information content (AvgIpc) is 2.71. The Hall–Kier alpha value is -3.04. The zero-order valence-electron chi connectivity index (χ0n) is 15.8. The maximum Gasteiger partial charge on any atom is 0.119 e. The summed E-state index contributed by atoms with van der Waals surface area (Å²) in [6, 6.07) is 24.7. The Labute approximate surface area is 159 Å². The Bertz CT molecular complexity index is 1040. The lowest BCUT2D eigenvalue weighted by atomic mass is 9.80. The van der Waals surface area contributed by atoms with E-state index in [-0.39, 0.29) is 0 Å². The van der Waals surface area contributed by atoms with Crippen molar-refractivity contribution in [2.45, 2.75) is 12.5 Å². The molecule has 0 fully saturated rings. The van der Waals surface area contributed by atoms with Crippen LogP contribution in [-0.4, -0.2) is 14.2 Å². The van der Waals surface area contributed by atoms with Gasteiger partial charge in [0.15, 0.2) is 0 Å². The largest absolute Gasteiger partial charge is 0.497 e. The standard InChI is InChI=1S/C24H23NO2/c1-24(25,22-8-4-6-16-10-12-18(26-2)14-20(16)22)23-9-5-7-17-11-13-19(27-3)15-21(17)23/h4-15H,25H2,1-3H3. The highest BCUT2D eigenvalue weighted by Gasteiger charge is 2.27. The molecule has 0 aliphatic rings. The number of benzene rings is 4. The van der Waals surface area contributed by atoms with Crippen molar-refractivity contribution in [1.29, 1.82) is 0 Å². The van der Waals surface area contributed by atoms with E-state index in [1.165, 1.54) is 0 Å². The predicted octanol–water partition coefficient (Wildman–Crippen LogP) is 5.23. The molecule has 4 aromatic rings. The molecule has 0 atom stereocenters. The molecule has 136 valence electrons. The SMILES string of the molecule is COc1ccc2cccc(C(C)(N)c3cccc4ccc(OC)cc34)c2c1. The van der Waals surface area contributed by atoms with Gasteiger partial charge in [-0.3, -0.25) is 0 Å². The molecule has 27 heavy (non-hydrogen) atoms. The maximum absolute atomic E-state index is 6.99. The molecule has 0 bridgehead atoms. The Kier molecular flexibility index (Phi) is 4.25. The molecule has 0 radical (unpaired) electrons. The maximum atomic E-state index is 6.99. The Balaban J connectivity index is 1.99. The minimum absolute atomic E-state index is 0.683. The fraction of sp³-hybridized carbons (Fsp3) is 0.167. The van der Waals surface area contributed by atoms with Crippen molar-refractivity contribution < 1.29 is 9.47 Å². The highest BCUT2D eigenvalue weighted by Crippen LogP contribution is 2.37. The normalized spacial score (nSPS) is 11.7. The van der Waals surface area contributed by atoms with Crippen LogP contribution in [0, 0.1) is 0 Å². The third-order valence-electron chi connectivity index (χ3n) is 5.30. The smallest absolute Gasteiger partial charge is 0.119 e. The summed E-state index contributed by atoms with van der Waals surface area (Å²) >= 11 is 0. The first-order valence-electron chi connectivity index (χ1n) is 8.98. The van der Waals surface area contributed by atoms with E-state index in [0.717, 1.165) is 44.2 Å². The molecule has 3 nitrogen and oxygen atoms in total. The second-order valence-electron chi connectivity index (χ2n) is 6.99. The Morgan fingerprint density at radius 1 is 0.667 bits per heavy atom. The summed E-state index contributed by atoms with van der Waals surface area (Å²) in [7, 11) is 3.37. The van der Waals surface area contributed by atoms with Crippen molar-refractivity contribution in [3.8, 4) is 11.5 Å². The number of hydrogen-bond acceptors (Lipinski definition) is 3. The van der Waals surface area contributed by atoms with Crippen LogP contribution in [0.3, 0.4) is 0 Å². The van der Waals surface area contributed by atoms with Crippen molar-refractivity contribution in [3.05, 3.63) is 83.9 Å². The van der Waals surface area contributed by atoms with Gasteiger partial charge in [-0.05, 0) is 63.9 Å². The van der Waals surface area contributed by atoms with Crippen LogP contribution >= 0.6 is 0 Å². The summed E-state index contributed by atoms with van der Waals surface area (Å²) in [6.45, 7) is 2.06. The second kappa shape index (κ2) is 6.60. The van der Waals surface area contributed by atoms with Crippen molar-refractivity contribution >= 4 is 21.5 Å². The first kappa shape index (κ1) is 17.4. The van der Waals surface area contributed by atoms with Crippen LogP contribution in [0.25, 0.3) is 21.5 Å². The van der Waals surface area contributed by atoms with Gasteiger partial charge >= 0.3 is 0 Å². The van der Waals surface area contributed by atoms with Crippen molar-refractivity contribution in [1.82, 2.24) is 0 Å². The summed E-state index contributed by atoms with van der Waals surface area (Å²) in [4.78, 5) is 0. The van der Waals surface area contributed by atoms with Crippen molar-refractivity contribution in [3.63, 3.8) is 0 Å². The summed E-state index contributed by atoms with van der Waals surface area (Å²) in [6.07, 6.45) is 0. The molecule has 0 saturated carbocycles. The zero-order chi connectivity index (χ0) is 19.0. The van der Waals surface area contributed by atoms with E-state index in [0.29, 0.717) is 0 Å². The van der Waals surface area contributed by atoms with Crippen molar-refractivity contribution in [2.24, 2.45) is 5.73 Å². The lowest BCUT2D eigenvalue weighted by Gasteiger charge is -2.29. The fourth-order valence-electron chi connectivity index (χ4n) is 3.81. The van der Waals surface area contributed by atoms with E-state index in [1.54, 1.807) is 14.2 Å². The van der Waals surface area contributed by atoms with Crippen molar-refractivity contribution in [2.75, 3.05) is 14.2 Å². The molecule has 0 saturated heterocycles. The molecule has 0 aliphatic carbocycles. The summed E-state index contributed by atoms with van der Waals surface area (Å²) < 4.78 is 10.9. The van der Waals surface area contributed by atoms with Gasteiger partial charge in [0.1, 0.15) is 11.5 Å². The molecular formula is C24H23NO2. The summed E-state index contributed by atoms with van der Waals surface area (Å²) in [5, 5.41) is 4.48. The molecular weight excluding hydrogens is 334 g/mol. The minimum atomic E-state index is -0.683. The summed E-state index contributed by atoms with van der Waals surface area (Å²) in [5.41, 5.74) is 8.44. The number of methoxy groups -OCH3 is 2. The topological polar surface area (TPSA) is 44.5 Å². The molecule has 0 aliphatic heterocycles. The summed E-state index contributed by atoms with van der Waals surface area (Å²) in [5.74, 6) is 1.65. The van der Waals surface area contributed by atoms with Crippen LogP contribution in [0.15, 0.2) is 72.8 Å². The van der Waals surface area contributed by atoms with Crippen LogP contribution in [0.1, 0.15) is 18.1 Å². The molecule has 2 N–H and O–H groups in total. The third-order valence-corrected chi connectivity index (χ3v) is 5.30. The number of nitrogens with two attached hydrogens (primary N) is 1. The van der Waals surface area contributed by atoms with Crippen LogP contribution < -0.4 is 15.2 Å². The van der Waals surface area contributed by atoms with Gasteiger partial charge in [0.05, 0.1) is 19.8 Å². The molecule has 0 unspecified atom stereocenters. The average molecular weight is 357 g/mol.